The number of benzene rings is 1. The molecule has 1 atom stereocenters. The Kier molecular flexibility index (Phi) is 4.78. The van der Waals surface area contributed by atoms with Crippen LogP contribution in [0.5, 0.6) is 0 Å². The van der Waals surface area contributed by atoms with E-state index in [-0.39, 0.29) is 6.04 Å². The van der Waals surface area contributed by atoms with Gasteiger partial charge in [0.15, 0.2) is 0 Å². The van der Waals surface area contributed by atoms with Gasteiger partial charge in [0.05, 0.1) is 12.5 Å². The van der Waals surface area contributed by atoms with Crippen molar-refractivity contribution < 1.29 is 0 Å². The molecule has 2 heteroatoms. The number of rotatable bonds is 7. The van der Waals surface area contributed by atoms with Crippen LogP contribution in [0.25, 0.3) is 0 Å². The number of hydrogen-bond donors (Lipinski definition) is 0. The van der Waals surface area contributed by atoms with E-state index in [0.717, 1.165) is 25.4 Å². The average molecular weight is 242 g/mol. The third-order valence-corrected chi connectivity index (χ3v) is 3.61. The lowest BCUT2D eigenvalue weighted by atomic mass is 10.0. The van der Waals surface area contributed by atoms with Gasteiger partial charge in [-0.15, -0.1) is 0 Å². The predicted octanol–water partition coefficient (Wildman–Crippen LogP) is 3.76. The maximum atomic E-state index is 9.09. The molecule has 1 aromatic rings. The van der Waals surface area contributed by atoms with E-state index in [2.05, 4.69) is 42.2 Å². The summed E-state index contributed by atoms with van der Waals surface area (Å²) in [7, 11) is 0. The molecule has 2 rings (SSSR count). The molecule has 1 saturated carbocycles. The molecule has 1 unspecified atom stereocenters. The zero-order valence-corrected chi connectivity index (χ0v) is 11.2. The molecule has 0 aliphatic heterocycles. The van der Waals surface area contributed by atoms with Crippen molar-refractivity contribution in [2.75, 3.05) is 13.1 Å². The molecular weight excluding hydrogens is 220 g/mol. The third-order valence-electron chi connectivity index (χ3n) is 3.61. The predicted molar refractivity (Wildman–Crippen MR) is 74.0 cm³/mol. The van der Waals surface area contributed by atoms with E-state index < -0.39 is 0 Å². The van der Waals surface area contributed by atoms with Gasteiger partial charge < -0.3 is 0 Å². The summed E-state index contributed by atoms with van der Waals surface area (Å²) in [4.78, 5) is 2.51. The van der Waals surface area contributed by atoms with Crippen LogP contribution in [0.3, 0.4) is 0 Å². The van der Waals surface area contributed by atoms with Gasteiger partial charge in [-0.1, -0.05) is 37.3 Å². The minimum absolute atomic E-state index is 0.275. The molecule has 0 radical (unpaired) electrons. The zero-order valence-electron chi connectivity index (χ0n) is 11.2. The lowest BCUT2D eigenvalue weighted by Gasteiger charge is -2.30. The summed E-state index contributed by atoms with van der Waals surface area (Å²) >= 11 is 0. The summed E-state index contributed by atoms with van der Waals surface area (Å²) in [6.45, 7) is 4.47. The van der Waals surface area contributed by atoms with Crippen molar-refractivity contribution in [2.45, 2.75) is 38.6 Å². The standard InChI is InChI=1S/C16H22N2/c1-2-12-18(13-14-8-9-14)16(10-11-17)15-6-4-3-5-7-15/h3-7,14,16H,2,8-10,12-13H2,1H3. The van der Waals surface area contributed by atoms with E-state index in [0.29, 0.717) is 6.42 Å². The first kappa shape index (κ1) is 13.1. The van der Waals surface area contributed by atoms with Crippen LogP contribution in [-0.2, 0) is 0 Å². The van der Waals surface area contributed by atoms with E-state index in [1.54, 1.807) is 0 Å². The van der Waals surface area contributed by atoms with Crippen LogP contribution < -0.4 is 0 Å². The molecule has 1 fully saturated rings. The Bertz CT molecular complexity index is 389. The van der Waals surface area contributed by atoms with Crippen molar-refractivity contribution in [3.05, 3.63) is 35.9 Å². The van der Waals surface area contributed by atoms with Gasteiger partial charge in [0.25, 0.3) is 0 Å². The van der Waals surface area contributed by atoms with Crippen LogP contribution in [-0.4, -0.2) is 18.0 Å². The van der Waals surface area contributed by atoms with E-state index in [4.69, 9.17) is 5.26 Å². The van der Waals surface area contributed by atoms with Gasteiger partial charge >= 0.3 is 0 Å². The molecule has 2 nitrogen and oxygen atoms in total. The summed E-state index contributed by atoms with van der Waals surface area (Å²) in [5, 5.41) is 9.09. The highest BCUT2D eigenvalue weighted by atomic mass is 15.2. The van der Waals surface area contributed by atoms with Crippen molar-refractivity contribution in [1.82, 2.24) is 4.90 Å². The second-order valence-corrected chi connectivity index (χ2v) is 5.23. The highest BCUT2D eigenvalue weighted by molar-refractivity contribution is 5.20. The normalized spacial score (nSPS) is 16.5. The van der Waals surface area contributed by atoms with Gasteiger partial charge in [0.2, 0.25) is 0 Å². The van der Waals surface area contributed by atoms with Gasteiger partial charge in [0.1, 0.15) is 0 Å². The summed E-state index contributed by atoms with van der Waals surface area (Å²) in [6, 6.07) is 13.1. The van der Waals surface area contributed by atoms with Crippen LogP contribution in [0, 0.1) is 17.2 Å². The lowest BCUT2D eigenvalue weighted by Crippen LogP contribution is -2.31. The Labute approximate surface area is 110 Å². The largest absolute Gasteiger partial charge is 0.295 e. The average Bonchev–Trinajstić information content (AvgIpc) is 3.21. The second-order valence-electron chi connectivity index (χ2n) is 5.23. The van der Waals surface area contributed by atoms with E-state index in [1.807, 2.05) is 6.07 Å². The molecule has 0 amide bonds. The molecule has 0 heterocycles. The first-order chi connectivity index (χ1) is 8.85. The van der Waals surface area contributed by atoms with Crippen LogP contribution in [0.15, 0.2) is 30.3 Å². The van der Waals surface area contributed by atoms with E-state index in [1.165, 1.54) is 18.4 Å². The number of hydrogen-bond acceptors (Lipinski definition) is 2. The third kappa shape index (κ3) is 3.58. The van der Waals surface area contributed by atoms with Crippen molar-refractivity contribution in [3.63, 3.8) is 0 Å². The maximum absolute atomic E-state index is 9.09. The Morgan fingerprint density at radius 3 is 2.61 bits per heavy atom. The molecule has 0 bridgehead atoms. The fourth-order valence-corrected chi connectivity index (χ4v) is 2.51. The van der Waals surface area contributed by atoms with Gasteiger partial charge in [-0.2, -0.15) is 5.26 Å². The minimum Gasteiger partial charge on any atom is -0.295 e. The zero-order chi connectivity index (χ0) is 12.8. The summed E-state index contributed by atoms with van der Waals surface area (Å²) in [5.41, 5.74) is 1.29. The minimum atomic E-state index is 0.275. The van der Waals surface area contributed by atoms with Crippen molar-refractivity contribution in [3.8, 4) is 6.07 Å². The SMILES string of the molecule is CCCN(CC1CC1)C(CC#N)c1ccccc1. The second kappa shape index (κ2) is 6.56. The lowest BCUT2D eigenvalue weighted by molar-refractivity contribution is 0.191. The smallest absolute Gasteiger partial charge is 0.0641 e. The Balaban J connectivity index is 2.12. The van der Waals surface area contributed by atoms with Gasteiger partial charge in [-0.3, -0.25) is 4.90 Å². The van der Waals surface area contributed by atoms with E-state index >= 15 is 0 Å². The van der Waals surface area contributed by atoms with Gasteiger partial charge in [0, 0.05) is 12.6 Å². The molecule has 0 saturated heterocycles. The van der Waals surface area contributed by atoms with Crippen LogP contribution in [0.2, 0.25) is 0 Å². The highest BCUT2D eigenvalue weighted by Crippen LogP contribution is 2.33. The van der Waals surface area contributed by atoms with E-state index in [9.17, 15) is 0 Å². The molecule has 96 valence electrons. The Hall–Kier alpha value is -1.33. The summed E-state index contributed by atoms with van der Waals surface area (Å²) in [5.74, 6) is 0.876. The van der Waals surface area contributed by atoms with Crippen molar-refractivity contribution in [2.24, 2.45) is 5.92 Å². The molecule has 1 aliphatic rings. The number of nitriles is 1. The molecule has 1 aromatic carbocycles. The molecule has 0 spiro atoms. The topological polar surface area (TPSA) is 27.0 Å². The maximum Gasteiger partial charge on any atom is 0.0641 e. The number of nitrogens with zero attached hydrogens (tertiary/aromatic N) is 2. The monoisotopic (exact) mass is 242 g/mol. The Morgan fingerprint density at radius 1 is 1.33 bits per heavy atom. The summed E-state index contributed by atoms with van der Waals surface area (Å²) < 4.78 is 0. The summed E-state index contributed by atoms with van der Waals surface area (Å²) in [6.07, 6.45) is 4.49. The van der Waals surface area contributed by atoms with Crippen LogP contribution in [0.4, 0.5) is 0 Å². The molecule has 1 aliphatic carbocycles. The van der Waals surface area contributed by atoms with Crippen LogP contribution >= 0.6 is 0 Å². The molecule has 18 heavy (non-hydrogen) atoms. The van der Waals surface area contributed by atoms with Gasteiger partial charge in [-0.25, -0.2) is 0 Å². The van der Waals surface area contributed by atoms with Crippen molar-refractivity contribution in [1.29, 1.82) is 5.26 Å². The quantitative estimate of drug-likeness (QED) is 0.728. The first-order valence-electron chi connectivity index (χ1n) is 7.01. The first-order valence-corrected chi connectivity index (χ1v) is 7.01. The molecule has 0 N–H and O–H groups in total. The van der Waals surface area contributed by atoms with Gasteiger partial charge in [-0.05, 0) is 37.3 Å². The van der Waals surface area contributed by atoms with Crippen molar-refractivity contribution >= 4 is 0 Å². The molecular formula is C16H22N2. The van der Waals surface area contributed by atoms with Crippen LogP contribution in [0.1, 0.15) is 44.2 Å². The molecule has 0 aromatic heterocycles. The fourth-order valence-electron chi connectivity index (χ4n) is 2.51. The Morgan fingerprint density at radius 2 is 2.06 bits per heavy atom. The highest BCUT2D eigenvalue weighted by Gasteiger charge is 2.28. The fraction of sp³-hybridized carbons (Fsp3) is 0.562.